The monoisotopic (exact) mass is 290 g/mol. The van der Waals surface area contributed by atoms with Crippen molar-refractivity contribution in [3.8, 4) is 0 Å². The Morgan fingerprint density at radius 1 is 1.00 bits per heavy atom. The zero-order valence-electron chi connectivity index (χ0n) is 13.6. The van der Waals surface area contributed by atoms with Crippen LogP contribution in [0.5, 0.6) is 0 Å². The van der Waals surface area contributed by atoms with E-state index < -0.39 is 0 Å². The standard InChI is InChI=1S/C19H30O2/c1-18-9-7-13(20)11-12(18)3-4-14-15-5-6-17(21)19(15,2)10-8-16(14)18/h12-16,20H,3-11H2,1-2H3/t12-,13-,14-,15-,16+,18-,19+/m1/s1. The van der Waals surface area contributed by atoms with E-state index in [0.717, 1.165) is 49.9 Å². The van der Waals surface area contributed by atoms with Crippen molar-refractivity contribution in [1.82, 2.24) is 0 Å². The van der Waals surface area contributed by atoms with Crippen molar-refractivity contribution in [2.75, 3.05) is 0 Å². The van der Waals surface area contributed by atoms with E-state index in [-0.39, 0.29) is 11.5 Å². The van der Waals surface area contributed by atoms with Crippen molar-refractivity contribution in [1.29, 1.82) is 0 Å². The highest BCUT2D eigenvalue weighted by Crippen LogP contribution is 2.65. The van der Waals surface area contributed by atoms with E-state index in [1.165, 1.54) is 25.7 Å². The number of Topliss-reactive ketones (excluding diaryl/α,β-unsaturated/α-hetero) is 1. The molecule has 7 atom stereocenters. The first-order valence-corrected chi connectivity index (χ1v) is 9.16. The molecule has 4 rings (SSSR count). The molecule has 4 fully saturated rings. The molecule has 4 aliphatic carbocycles. The summed E-state index contributed by atoms with van der Waals surface area (Å²) in [6.45, 7) is 4.78. The molecule has 118 valence electrons. The van der Waals surface area contributed by atoms with Crippen LogP contribution in [-0.2, 0) is 4.79 Å². The van der Waals surface area contributed by atoms with Crippen LogP contribution in [0.25, 0.3) is 0 Å². The minimum absolute atomic E-state index is 0.0124. The van der Waals surface area contributed by atoms with E-state index in [9.17, 15) is 9.90 Å². The molecule has 0 heterocycles. The Hall–Kier alpha value is -0.370. The van der Waals surface area contributed by atoms with E-state index in [1.807, 2.05) is 0 Å². The van der Waals surface area contributed by atoms with Crippen LogP contribution in [0.2, 0.25) is 0 Å². The lowest BCUT2D eigenvalue weighted by Crippen LogP contribution is -2.54. The van der Waals surface area contributed by atoms with E-state index >= 15 is 0 Å². The number of ketones is 1. The summed E-state index contributed by atoms with van der Waals surface area (Å²) >= 11 is 0. The minimum atomic E-state index is -0.0541. The number of hydrogen-bond acceptors (Lipinski definition) is 2. The smallest absolute Gasteiger partial charge is 0.139 e. The third-order valence-electron chi connectivity index (χ3n) is 8.35. The van der Waals surface area contributed by atoms with Gasteiger partial charge in [0.2, 0.25) is 0 Å². The lowest BCUT2D eigenvalue weighted by atomic mass is 9.45. The molecule has 0 radical (unpaired) electrons. The largest absolute Gasteiger partial charge is 0.393 e. The summed E-state index contributed by atoms with van der Waals surface area (Å²) in [5, 5.41) is 10.0. The fraction of sp³-hybridized carbons (Fsp3) is 0.947. The zero-order chi connectivity index (χ0) is 14.8. The molecule has 0 amide bonds. The first-order chi connectivity index (χ1) is 9.95. The summed E-state index contributed by atoms with van der Waals surface area (Å²) in [5.41, 5.74) is 0.452. The quantitative estimate of drug-likeness (QED) is 0.733. The minimum Gasteiger partial charge on any atom is -0.393 e. The molecule has 0 aromatic heterocycles. The summed E-state index contributed by atoms with van der Waals surface area (Å²) in [6, 6.07) is 0. The maximum absolute atomic E-state index is 12.4. The number of aliphatic hydroxyl groups excluding tert-OH is 1. The number of fused-ring (bicyclic) bond motifs is 5. The van der Waals surface area contributed by atoms with Gasteiger partial charge < -0.3 is 5.11 Å². The molecule has 2 nitrogen and oxygen atoms in total. The van der Waals surface area contributed by atoms with E-state index in [1.54, 1.807) is 0 Å². The Morgan fingerprint density at radius 3 is 2.62 bits per heavy atom. The molecule has 0 aromatic carbocycles. The average molecular weight is 290 g/mol. The SMILES string of the molecule is C[C@@]12CC[C@@H](O)C[C@H]1CC[C@@H]1[C@H]3CCC(=O)[C@@]3(C)CC[C@@H]12. The molecule has 0 aromatic rings. The van der Waals surface area contributed by atoms with Gasteiger partial charge >= 0.3 is 0 Å². The number of aliphatic hydroxyl groups is 1. The van der Waals surface area contributed by atoms with Crippen LogP contribution in [0.1, 0.15) is 71.6 Å². The highest BCUT2D eigenvalue weighted by Gasteiger charge is 2.60. The van der Waals surface area contributed by atoms with Gasteiger partial charge in [0.25, 0.3) is 0 Å². The first-order valence-electron chi connectivity index (χ1n) is 9.16. The topological polar surface area (TPSA) is 37.3 Å². The van der Waals surface area contributed by atoms with Crippen LogP contribution in [-0.4, -0.2) is 17.0 Å². The number of carbonyl (C=O) groups is 1. The van der Waals surface area contributed by atoms with Gasteiger partial charge in [-0.05, 0) is 80.5 Å². The Morgan fingerprint density at radius 2 is 1.81 bits per heavy atom. The molecular formula is C19H30O2. The van der Waals surface area contributed by atoms with Crippen molar-refractivity contribution in [3.63, 3.8) is 0 Å². The Balaban J connectivity index is 1.64. The Labute approximate surface area is 128 Å². The normalized spacial score (nSPS) is 56.5. The lowest BCUT2D eigenvalue weighted by molar-refractivity contribution is -0.142. The van der Waals surface area contributed by atoms with Gasteiger partial charge in [-0.25, -0.2) is 0 Å². The molecule has 0 aliphatic heterocycles. The molecular weight excluding hydrogens is 260 g/mol. The van der Waals surface area contributed by atoms with Gasteiger partial charge in [0.05, 0.1) is 6.10 Å². The maximum atomic E-state index is 12.4. The number of carbonyl (C=O) groups excluding carboxylic acids is 1. The summed E-state index contributed by atoms with van der Waals surface area (Å²) in [7, 11) is 0. The van der Waals surface area contributed by atoms with Crippen LogP contribution in [0.15, 0.2) is 0 Å². The zero-order valence-corrected chi connectivity index (χ0v) is 13.6. The highest BCUT2D eigenvalue weighted by atomic mass is 16.3. The van der Waals surface area contributed by atoms with Crippen molar-refractivity contribution in [2.24, 2.45) is 34.5 Å². The molecule has 1 N–H and O–H groups in total. The molecule has 21 heavy (non-hydrogen) atoms. The van der Waals surface area contributed by atoms with Gasteiger partial charge in [-0.15, -0.1) is 0 Å². The molecule has 0 saturated heterocycles. The van der Waals surface area contributed by atoms with E-state index in [0.29, 0.717) is 17.1 Å². The van der Waals surface area contributed by atoms with Crippen LogP contribution < -0.4 is 0 Å². The maximum Gasteiger partial charge on any atom is 0.139 e. The first kappa shape index (κ1) is 14.2. The van der Waals surface area contributed by atoms with Crippen LogP contribution in [0.3, 0.4) is 0 Å². The van der Waals surface area contributed by atoms with Gasteiger partial charge in [0, 0.05) is 11.8 Å². The Bertz CT molecular complexity index is 458. The second kappa shape index (κ2) is 4.57. The second-order valence-electron chi connectivity index (χ2n) is 9.00. The van der Waals surface area contributed by atoms with Gasteiger partial charge in [-0.3, -0.25) is 4.79 Å². The molecule has 4 aliphatic rings. The van der Waals surface area contributed by atoms with Gasteiger partial charge in [0.15, 0.2) is 0 Å². The number of rotatable bonds is 0. The van der Waals surface area contributed by atoms with Gasteiger partial charge in [-0.2, -0.15) is 0 Å². The van der Waals surface area contributed by atoms with Crippen molar-refractivity contribution in [2.45, 2.75) is 77.7 Å². The molecule has 0 spiro atoms. The molecule has 0 unspecified atom stereocenters. The summed E-state index contributed by atoms with van der Waals surface area (Å²) in [4.78, 5) is 12.4. The van der Waals surface area contributed by atoms with Gasteiger partial charge in [0.1, 0.15) is 5.78 Å². The summed E-state index contributed by atoms with van der Waals surface area (Å²) < 4.78 is 0. The predicted molar refractivity (Wildman–Crippen MR) is 82.7 cm³/mol. The Kier molecular flexibility index (Phi) is 3.10. The van der Waals surface area contributed by atoms with E-state index in [2.05, 4.69) is 13.8 Å². The van der Waals surface area contributed by atoms with Crippen molar-refractivity contribution < 1.29 is 9.90 Å². The van der Waals surface area contributed by atoms with E-state index in [4.69, 9.17) is 0 Å². The molecule has 2 heteroatoms. The van der Waals surface area contributed by atoms with Crippen molar-refractivity contribution >= 4 is 5.78 Å². The average Bonchev–Trinajstić information content (AvgIpc) is 2.76. The molecule has 0 bridgehead atoms. The second-order valence-corrected chi connectivity index (χ2v) is 9.00. The number of hydrogen-bond donors (Lipinski definition) is 1. The van der Waals surface area contributed by atoms with Crippen LogP contribution in [0, 0.1) is 34.5 Å². The third kappa shape index (κ3) is 1.84. The molecule has 4 saturated carbocycles. The fourth-order valence-electron chi connectivity index (χ4n) is 7.01. The van der Waals surface area contributed by atoms with Gasteiger partial charge in [-0.1, -0.05) is 13.8 Å². The van der Waals surface area contributed by atoms with Crippen LogP contribution in [0.4, 0.5) is 0 Å². The fourth-order valence-corrected chi connectivity index (χ4v) is 7.01. The third-order valence-corrected chi connectivity index (χ3v) is 8.35. The predicted octanol–water partition coefficient (Wildman–Crippen LogP) is 3.96. The lowest BCUT2D eigenvalue weighted by Gasteiger charge is -2.60. The van der Waals surface area contributed by atoms with Crippen LogP contribution >= 0.6 is 0 Å². The summed E-state index contributed by atoms with van der Waals surface area (Å²) in [5.74, 6) is 3.54. The highest BCUT2D eigenvalue weighted by molar-refractivity contribution is 5.87. The summed E-state index contributed by atoms with van der Waals surface area (Å²) in [6.07, 6.45) is 10.1. The van der Waals surface area contributed by atoms with Crippen molar-refractivity contribution in [3.05, 3.63) is 0 Å².